The smallest absolute Gasteiger partial charge is 0.120 e. The summed E-state index contributed by atoms with van der Waals surface area (Å²) >= 11 is 6.31. The van der Waals surface area contributed by atoms with Crippen molar-refractivity contribution < 1.29 is 4.74 Å². The van der Waals surface area contributed by atoms with Crippen molar-refractivity contribution in [3.63, 3.8) is 0 Å². The summed E-state index contributed by atoms with van der Waals surface area (Å²) in [6.07, 6.45) is 5.47. The van der Waals surface area contributed by atoms with Crippen molar-refractivity contribution in [1.29, 1.82) is 0 Å². The molecule has 2 fully saturated rings. The van der Waals surface area contributed by atoms with Gasteiger partial charge in [0.1, 0.15) is 5.75 Å². The molecule has 2 nitrogen and oxygen atoms in total. The molecule has 3 atom stereocenters. The second kappa shape index (κ2) is 4.75. The lowest BCUT2D eigenvalue weighted by molar-refractivity contribution is 0.414. The van der Waals surface area contributed by atoms with Crippen LogP contribution >= 0.6 is 11.6 Å². The fraction of sp³-hybridized carbons (Fsp3) is 0.600. The zero-order valence-electron chi connectivity index (χ0n) is 10.7. The standard InChI is InChI=1S/C15H20ClNO/c1-18-9-6-7-12(13(16)8-9)15(17)14-10-4-2-3-5-11(10)14/h6-8,10-11,14-15H,2-5,17H2,1H3. The highest BCUT2D eigenvalue weighted by molar-refractivity contribution is 6.31. The summed E-state index contributed by atoms with van der Waals surface area (Å²) in [5.74, 6) is 3.15. The Bertz CT molecular complexity index is 436. The van der Waals surface area contributed by atoms with Crippen molar-refractivity contribution in [2.75, 3.05) is 7.11 Å². The zero-order chi connectivity index (χ0) is 12.7. The van der Waals surface area contributed by atoms with Crippen molar-refractivity contribution in [1.82, 2.24) is 0 Å². The average molecular weight is 266 g/mol. The third kappa shape index (κ3) is 2.02. The van der Waals surface area contributed by atoms with Gasteiger partial charge in [0.15, 0.2) is 0 Å². The molecule has 0 spiro atoms. The Kier molecular flexibility index (Phi) is 3.25. The number of rotatable bonds is 3. The van der Waals surface area contributed by atoms with Gasteiger partial charge in [-0.2, -0.15) is 0 Å². The number of hydrogen-bond acceptors (Lipinski definition) is 2. The number of methoxy groups -OCH3 is 1. The molecule has 0 aromatic heterocycles. The van der Waals surface area contributed by atoms with Crippen LogP contribution in [0.1, 0.15) is 37.3 Å². The molecule has 2 N–H and O–H groups in total. The summed E-state index contributed by atoms with van der Waals surface area (Å²) in [6, 6.07) is 5.93. The van der Waals surface area contributed by atoms with Crippen LogP contribution < -0.4 is 10.5 Å². The highest BCUT2D eigenvalue weighted by atomic mass is 35.5. The van der Waals surface area contributed by atoms with E-state index in [2.05, 4.69) is 0 Å². The fourth-order valence-electron chi connectivity index (χ4n) is 3.69. The quantitative estimate of drug-likeness (QED) is 0.903. The molecule has 0 bridgehead atoms. The van der Waals surface area contributed by atoms with Gasteiger partial charge in [0.2, 0.25) is 0 Å². The number of halogens is 1. The van der Waals surface area contributed by atoms with Gasteiger partial charge in [-0.25, -0.2) is 0 Å². The number of ether oxygens (including phenoxy) is 1. The third-order valence-electron chi connectivity index (χ3n) is 4.70. The Labute approximate surface area is 113 Å². The Morgan fingerprint density at radius 3 is 2.50 bits per heavy atom. The molecular formula is C15H20ClNO. The molecule has 2 saturated carbocycles. The van der Waals surface area contributed by atoms with Gasteiger partial charge in [0.25, 0.3) is 0 Å². The lowest BCUT2D eigenvalue weighted by Gasteiger charge is -2.14. The predicted molar refractivity (Wildman–Crippen MR) is 73.9 cm³/mol. The van der Waals surface area contributed by atoms with E-state index in [4.69, 9.17) is 22.1 Å². The fourth-order valence-corrected chi connectivity index (χ4v) is 3.99. The summed E-state index contributed by atoms with van der Waals surface area (Å²) in [6.45, 7) is 0. The van der Waals surface area contributed by atoms with Crippen molar-refractivity contribution in [2.45, 2.75) is 31.7 Å². The van der Waals surface area contributed by atoms with Gasteiger partial charge in [-0.05, 0) is 48.3 Å². The molecular weight excluding hydrogens is 246 g/mol. The second-order valence-electron chi connectivity index (χ2n) is 5.60. The van der Waals surface area contributed by atoms with Gasteiger partial charge in [-0.3, -0.25) is 0 Å². The molecule has 0 aliphatic heterocycles. The van der Waals surface area contributed by atoms with E-state index >= 15 is 0 Å². The van der Waals surface area contributed by atoms with Crippen LogP contribution in [-0.4, -0.2) is 7.11 Å². The lowest BCUT2D eigenvalue weighted by Crippen LogP contribution is -2.15. The summed E-state index contributed by atoms with van der Waals surface area (Å²) in [7, 11) is 1.65. The van der Waals surface area contributed by atoms with Crippen LogP contribution in [0, 0.1) is 17.8 Å². The Hall–Kier alpha value is -0.730. The van der Waals surface area contributed by atoms with Gasteiger partial charge in [0, 0.05) is 11.1 Å². The minimum absolute atomic E-state index is 0.0940. The molecule has 0 radical (unpaired) electrons. The van der Waals surface area contributed by atoms with Crippen LogP contribution in [0.5, 0.6) is 5.75 Å². The number of hydrogen-bond donors (Lipinski definition) is 1. The first-order chi connectivity index (χ1) is 8.72. The van der Waals surface area contributed by atoms with Crippen LogP contribution in [-0.2, 0) is 0 Å². The molecule has 0 saturated heterocycles. The molecule has 1 aromatic rings. The molecule has 18 heavy (non-hydrogen) atoms. The first-order valence-electron chi connectivity index (χ1n) is 6.81. The van der Waals surface area contributed by atoms with Crippen LogP contribution in [0.25, 0.3) is 0 Å². The SMILES string of the molecule is COc1ccc(C(N)C2C3CCCCC32)c(Cl)c1. The summed E-state index contributed by atoms with van der Waals surface area (Å²) in [4.78, 5) is 0. The minimum Gasteiger partial charge on any atom is -0.497 e. The van der Waals surface area contributed by atoms with Crippen LogP contribution in [0.3, 0.4) is 0 Å². The normalized spacial score (nSPS) is 31.6. The van der Waals surface area contributed by atoms with E-state index in [0.717, 1.165) is 28.2 Å². The van der Waals surface area contributed by atoms with Crippen molar-refractivity contribution >= 4 is 11.6 Å². The van der Waals surface area contributed by atoms with E-state index < -0.39 is 0 Å². The van der Waals surface area contributed by atoms with Crippen LogP contribution in [0.2, 0.25) is 5.02 Å². The van der Waals surface area contributed by atoms with E-state index in [9.17, 15) is 0 Å². The van der Waals surface area contributed by atoms with Crippen LogP contribution in [0.15, 0.2) is 18.2 Å². The maximum atomic E-state index is 6.43. The van der Waals surface area contributed by atoms with E-state index in [1.54, 1.807) is 7.11 Å². The van der Waals surface area contributed by atoms with Crippen molar-refractivity contribution in [3.05, 3.63) is 28.8 Å². The highest BCUT2D eigenvalue weighted by Gasteiger charge is 2.53. The van der Waals surface area contributed by atoms with E-state index in [0.29, 0.717) is 5.92 Å². The predicted octanol–water partition coefficient (Wildman–Crippen LogP) is 3.78. The largest absolute Gasteiger partial charge is 0.497 e. The van der Waals surface area contributed by atoms with Crippen molar-refractivity contribution in [3.8, 4) is 5.75 Å². The first-order valence-corrected chi connectivity index (χ1v) is 7.19. The Morgan fingerprint density at radius 1 is 1.28 bits per heavy atom. The van der Waals surface area contributed by atoms with E-state index in [1.807, 2.05) is 18.2 Å². The molecule has 98 valence electrons. The summed E-state index contributed by atoms with van der Waals surface area (Å²) in [5.41, 5.74) is 7.51. The molecule has 3 rings (SSSR count). The molecule has 0 heterocycles. The average Bonchev–Trinajstić information content (AvgIpc) is 3.12. The second-order valence-corrected chi connectivity index (χ2v) is 6.01. The molecule has 3 unspecified atom stereocenters. The number of nitrogens with two attached hydrogens (primary N) is 1. The van der Waals surface area contributed by atoms with E-state index in [1.165, 1.54) is 25.7 Å². The Morgan fingerprint density at radius 2 is 1.94 bits per heavy atom. The number of fused-ring (bicyclic) bond motifs is 1. The van der Waals surface area contributed by atoms with Gasteiger partial charge < -0.3 is 10.5 Å². The Balaban J connectivity index is 1.78. The van der Waals surface area contributed by atoms with E-state index in [-0.39, 0.29) is 6.04 Å². The van der Waals surface area contributed by atoms with Gasteiger partial charge in [-0.15, -0.1) is 0 Å². The molecule has 2 aliphatic rings. The lowest BCUT2D eigenvalue weighted by atomic mass is 10.0. The topological polar surface area (TPSA) is 35.2 Å². The first kappa shape index (κ1) is 12.3. The van der Waals surface area contributed by atoms with Gasteiger partial charge in [-0.1, -0.05) is 30.5 Å². The van der Waals surface area contributed by atoms with Crippen LogP contribution in [0.4, 0.5) is 0 Å². The minimum atomic E-state index is 0.0940. The molecule has 0 amide bonds. The third-order valence-corrected chi connectivity index (χ3v) is 5.03. The molecule has 1 aromatic carbocycles. The maximum Gasteiger partial charge on any atom is 0.120 e. The van der Waals surface area contributed by atoms with Crippen molar-refractivity contribution in [2.24, 2.45) is 23.5 Å². The molecule has 3 heteroatoms. The van der Waals surface area contributed by atoms with Gasteiger partial charge in [0.05, 0.1) is 7.11 Å². The number of benzene rings is 1. The summed E-state index contributed by atoms with van der Waals surface area (Å²) in [5, 5.41) is 0.741. The zero-order valence-corrected chi connectivity index (χ0v) is 11.5. The monoisotopic (exact) mass is 265 g/mol. The molecule has 2 aliphatic carbocycles. The highest BCUT2D eigenvalue weighted by Crippen LogP contribution is 2.60. The summed E-state index contributed by atoms with van der Waals surface area (Å²) < 4.78 is 5.18. The van der Waals surface area contributed by atoms with Gasteiger partial charge >= 0.3 is 0 Å². The maximum absolute atomic E-state index is 6.43.